The molecule has 0 spiro atoms. The van der Waals surface area contributed by atoms with Gasteiger partial charge in [0.15, 0.2) is 0 Å². The summed E-state index contributed by atoms with van der Waals surface area (Å²) in [6, 6.07) is 60.8. The summed E-state index contributed by atoms with van der Waals surface area (Å²) < 4.78 is 13.8. The van der Waals surface area contributed by atoms with Gasteiger partial charge in [-0.1, -0.05) is 135 Å². The zero-order chi connectivity index (χ0) is 35.3. The van der Waals surface area contributed by atoms with Crippen LogP contribution in [0.1, 0.15) is 25.0 Å². The van der Waals surface area contributed by atoms with Crippen LogP contribution in [0.2, 0.25) is 0 Å². The van der Waals surface area contributed by atoms with Crippen LogP contribution in [-0.4, -0.2) is 6.71 Å². The molecule has 1 aliphatic carbocycles. The van der Waals surface area contributed by atoms with Crippen molar-refractivity contribution in [2.45, 2.75) is 19.3 Å². The van der Waals surface area contributed by atoms with Gasteiger partial charge in [0.05, 0.1) is 5.69 Å². The third kappa shape index (κ3) is 4.36. The number of rotatable bonds is 4. The minimum absolute atomic E-state index is 0.0273. The minimum Gasteiger partial charge on any atom is -0.458 e. The summed E-state index contributed by atoms with van der Waals surface area (Å²) in [6.45, 7) is 4.74. The fraction of sp³-hybridized carbons (Fsp3) is 0.0612. The molecule has 0 saturated carbocycles. The van der Waals surface area contributed by atoms with E-state index >= 15 is 0 Å². The van der Waals surface area contributed by atoms with E-state index in [4.69, 9.17) is 9.47 Å². The van der Waals surface area contributed by atoms with Crippen molar-refractivity contribution >= 4 is 50.9 Å². The number of fused-ring (bicyclic) bond motifs is 10. The Kier molecular flexibility index (Phi) is 6.39. The van der Waals surface area contributed by atoms with E-state index in [9.17, 15) is 0 Å². The summed E-state index contributed by atoms with van der Waals surface area (Å²) in [4.78, 5) is 2.41. The quantitative estimate of drug-likeness (QED) is 0.173. The molecule has 11 rings (SSSR count). The summed E-state index contributed by atoms with van der Waals surface area (Å²) in [7, 11) is 0. The van der Waals surface area contributed by atoms with E-state index < -0.39 is 0 Å². The van der Waals surface area contributed by atoms with Crippen molar-refractivity contribution in [2.75, 3.05) is 4.90 Å². The predicted octanol–water partition coefficient (Wildman–Crippen LogP) is 11.0. The third-order valence-corrected chi connectivity index (χ3v) is 11.5. The summed E-state index contributed by atoms with van der Waals surface area (Å²) in [5.74, 6) is 3.62. The zero-order valence-electron chi connectivity index (χ0n) is 29.5. The Morgan fingerprint density at radius 1 is 0.509 bits per heavy atom. The van der Waals surface area contributed by atoms with Crippen LogP contribution >= 0.6 is 0 Å². The van der Waals surface area contributed by atoms with Crippen LogP contribution in [0.25, 0.3) is 33.0 Å². The molecule has 250 valence electrons. The molecule has 8 aromatic carbocycles. The SMILES string of the molecule is CC1(C)c2cc(N(c3ccccc3)c3ccc(-c4ccccc4)cc3)c3ccccc3c2-c2cc3c4c(c21)Oc1ccccc1B4c1ccccc1O3. The Bertz CT molecular complexity index is 2750. The Hall–Kier alpha value is -6.52. The molecule has 0 bridgehead atoms. The second kappa shape index (κ2) is 11.2. The standard InChI is InChI=1S/C49H34BNO2/c1-49(2)38-30-41(51(33-17-7-4-8-18-33)34-27-25-32(26-28-34)31-15-5-3-6-16-31)35-19-9-10-20-36(35)45(38)37-29-44-47-48(46(37)49)53-43-24-14-12-22-40(43)50(47)39-21-11-13-23-42(39)52-44/h3-30H,1-2H3. The van der Waals surface area contributed by atoms with Gasteiger partial charge < -0.3 is 14.4 Å². The number of hydrogen-bond acceptors (Lipinski definition) is 3. The van der Waals surface area contributed by atoms with Crippen LogP contribution in [0, 0.1) is 0 Å². The molecular formula is C49H34BNO2. The van der Waals surface area contributed by atoms with Crippen LogP contribution in [0.15, 0.2) is 170 Å². The van der Waals surface area contributed by atoms with Crippen molar-refractivity contribution in [1.29, 1.82) is 0 Å². The van der Waals surface area contributed by atoms with E-state index in [0.717, 1.165) is 45.5 Å². The Labute approximate surface area is 309 Å². The van der Waals surface area contributed by atoms with Crippen molar-refractivity contribution in [3.05, 3.63) is 181 Å². The van der Waals surface area contributed by atoms with Gasteiger partial charge in [-0.15, -0.1) is 0 Å². The van der Waals surface area contributed by atoms with Crippen molar-refractivity contribution in [2.24, 2.45) is 0 Å². The first-order chi connectivity index (χ1) is 26.1. The van der Waals surface area contributed by atoms with Crippen molar-refractivity contribution in [3.63, 3.8) is 0 Å². The number of anilines is 3. The first-order valence-corrected chi connectivity index (χ1v) is 18.4. The summed E-state index contributed by atoms with van der Waals surface area (Å²) >= 11 is 0. The highest BCUT2D eigenvalue weighted by molar-refractivity contribution is 6.98. The summed E-state index contributed by atoms with van der Waals surface area (Å²) in [5.41, 5.74) is 13.8. The van der Waals surface area contributed by atoms with Crippen LogP contribution in [0.3, 0.4) is 0 Å². The van der Waals surface area contributed by atoms with Crippen LogP contribution in [0.4, 0.5) is 17.1 Å². The highest BCUT2D eigenvalue weighted by atomic mass is 16.5. The number of ether oxygens (including phenoxy) is 2. The van der Waals surface area contributed by atoms with Gasteiger partial charge in [-0.3, -0.25) is 0 Å². The lowest BCUT2D eigenvalue weighted by Gasteiger charge is -2.36. The lowest BCUT2D eigenvalue weighted by molar-refractivity contribution is 0.453. The van der Waals surface area contributed by atoms with Gasteiger partial charge in [-0.05, 0) is 92.7 Å². The van der Waals surface area contributed by atoms with E-state index in [1.807, 2.05) is 0 Å². The molecule has 8 aromatic rings. The van der Waals surface area contributed by atoms with Crippen LogP contribution in [0.5, 0.6) is 23.0 Å². The molecule has 3 nitrogen and oxygen atoms in total. The molecule has 4 heteroatoms. The monoisotopic (exact) mass is 679 g/mol. The van der Waals surface area contributed by atoms with E-state index in [1.165, 1.54) is 55.1 Å². The largest absolute Gasteiger partial charge is 0.458 e. The predicted molar refractivity (Wildman–Crippen MR) is 219 cm³/mol. The average molecular weight is 680 g/mol. The van der Waals surface area contributed by atoms with Gasteiger partial charge in [0.25, 0.3) is 6.71 Å². The highest BCUT2D eigenvalue weighted by Gasteiger charge is 2.48. The molecule has 0 amide bonds. The maximum absolute atomic E-state index is 7.03. The van der Waals surface area contributed by atoms with Crippen molar-refractivity contribution in [3.8, 4) is 45.3 Å². The summed E-state index contributed by atoms with van der Waals surface area (Å²) in [6.07, 6.45) is 0. The molecular weight excluding hydrogens is 645 g/mol. The van der Waals surface area contributed by atoms with E-state index in [2.05, 4.69) is 189 Å². The minimum atomic E-state index is -0.374. The molecule has 2 heterocycles. The maximum Gasteiger partial charge on any atom is 0.260 e. The molecule has 0 atom stereocenters. The molecule has 0 radical (unpaired) electrons. The molecule has 0 N–H and O–H groups in total. The highest BCUT2D eigenvalue weighted by Crippen LogP contribution is 2.58. The van der Waals surface area contributed by atoms with E-state index in [1.54, 1.807) is 0 Å². The van der Waals surface area contributed by atoms with Crippen LogP contribution < -0.4 is 30.8 Å². The van der Waals surface area contributed by atoms with E-state index in [0.29, 0.717) is 0 Å². The molecule has 0 aromatic heterocycles. The molecule has 0 saturated heterocycles. The smallest absolute Gasteiger partial charge is 0.260 e. The van der Waals surface area contributed by atoms with E-state index in [-0.39, 0.29) is 12.1 Å². The Balaban J connectivity index is 1.15. The van der Waals surface area contributed by atoms with Gasteiger partial charge in [0.2, 0.25) is 0 Å². The number of benzene rings is 8. The zero-order valence-corrected chi connectivity index (χ0v) is 29.5. The normalized spacial score (nSPS) is 13.9. The number of nitrogens with zero attached hydrogens (tertiary/aromatic N) is 1. The lowest BCUT2D eigenvalue weighted by atomic mass is 9.34. The van der Waals surface area contributed by atoms with Gasteiger partial charge >= 0.3 is 0 Å². The van der Waals surface area contributed by atoms with Crippen LogP contribution in [-0.2, 0) is 5.41 Å². The number of para-hydroxylation sites is 3. The van der Waals surface area contributed by atoms with Crippen molar-refractivity contribution < 1.29 is 9.47 Å². The first kappa shape index (κ1) is 30.1. The Morgan fingerprint density at radius 2 is 1.08 bits per heavy atom. The fourth-order valence-electron chi connectivity index (χ4n) is 9.16. The molecule has 53 heavy (non-hydrogen) atoms. The Morgan fingerprint density at radius 3 is 1.79 bits per heavy atom. The molecule has 3 aliphatic rings. The van der Waals surface area contributed by atoms with Gasteiger partial charge in [-0.2, -0.15) is 0 Å². The molecule has 2 aliphatic heterocycles. The molecule has 0 fully saturated rings. The number of hydrogen-bond donors (Lipinski definition) is 0. The van der Waals surface area contributed by atoms with Gasteiger partial charge in [0, 0.05) is 33.2 Å². The summed E-state index contributed by atoms with van der Waals surface area (Å²) in [5, 5.41) is 2.40. The second-order valence-corrected chi connectivity index (χ2v) is 14.8. The second-order valence-electron chi connectivity index (χ2n) is 14.8. The van der Waals surface area contributed by atoms with Gasteiger partial charge in [0.1, 0.15) is 23.0 Å². The maximum atomic E-state index is 7.03. The molecule has 0 unspecified atom stereocenters. The van der Waals surface area contributed by atoms with Gasteiger partial charge in [-0.25, -0.2) is 0 Å². The lowest BCUT2D eigenvalue weighted by Crippen LogP contribution is -2.57. The topological polar surface area (TPSA) is 21.7 Å². The fourth-order valence-corrected chi connectivity index (χ4v) is 9.16. The van der Waals surface area contributed by atoms with Crippen molar-refractivity contribution in [1.82, 2.24) is 0 Å². The third-order valence-electron chi connectivity index (χ3n) is 11.5. The first-order valence-electron chi connectivity index (χ1n) is 18.4. The average Bonchev–Trinajstić information content (AvgIpc) is 3.44.